The molecular formula is C17H22ClN3O2. The molecule has 0 saturated heterocycles. The van der Waals surface area contributed by atoms with Gasteiger partial charge in [0.05, 0.1) is 11.8 Å². The Morgan fingerprint density at radius 2 is 2.00 bits per heavy atom. The SMILES string of the molecule is Cc1nn(C)c(C)c1CCC(=O)NCC(O)c1ccc(Cl)cc1. The molecule has 1 atom stereocenters. The average Bonchev–Trinajstić information content (AvgIpc) is 2.76. The van der Waals surface area contributed by atoms with Crippen LogP contribution in [0.4, 0.5) is 0 Å². The van der Waals surface area contributed by atoms with Crippen LogP contribution in [0, 0.1) is 13.8 Å². The number of halogens is 1. The van der Waals surface area contributed by atoms with Crippen molar-refractivity contribution in [3.05, 3.63) is 51.8 Å². The van der Waals surface area contributed by atoms with E-state index in [2.05, 4.69) is 10.4 Å². The fourth-order valence-electron chi connectivity index (χ4n) is 2.52. The van der Waals surface area contributed by atoms with Crippen molar-refractivity contribution in [3.8, 4) is 0 Å². The van der Waals surface area contributed by atoms with Gasteiger partial charge in [0.25, 0.3) is 0 Å². The van der Waals surface area contributed by atoms with Crippen LogP contribution in [0.1, 0.15) is 35.0 Å². The summed E-state index contributed by atoms with van der Waals surface area (Å²) < 4.78 is 1.83. The Bertz CT molecular complexity index is 680. The van der Waals surface area contributed by atoms with Crippen molar-refractivity contribution < 1.29 is 9.90 Å². The molecule has 2 N–H and O–H groups in total. The molecule has 1 aromatic heterocycles. The minimum Gasteiger partial charge on any atom is -0.387 e. The number of aliphatic hydroxyl groups is 1. The van der Waals surface area contributed by atoms with Crippen LogP contribution in [0.2, 0.25) is 5.02 Å². The number of carbonyl (C=O) groups is 1. The lowest BCUT2D eigenvalue weighted by molar-refractivity contribution is -0.121. The Hall–Kier alpha value is -1.85. The molecule has 5 nitrogen and oxygen atoms in total. The maximum Gasteiger partial charge on any atom is 0.220 e. The number of carbonyl (C=O) groups excluding carboxylic acids is 1. The number of rotatable bonds is 6. The van der Waals surface area contributed by atoms with Crippen LogP contribution in [-0.2, 0) is 18.3 Å². The summed E-state index contributed by atoms with van der Waals surface area (Å²) in [5.41, 5.74) is 3.88. The van der Waals surface area contributed by atoms with Gasteiger partial charge in [0.15, 0.2) is 0 Å². The Kier molecular flexibility index (Phi) is 5.80. The minimum absolute atomic E-state index is 0.0827. The van der Waals surface area contributed by atoms with Crippen molar-refractivity contribution in [1.82, 2.24) is 15.1 Å². The molecule has 6 heteroatoms. The smallest absolute Gasteiger partial charge is 0.220 e. The second-order valence-corrected chi connectivity index (χ2v) is 6.08. The third kappa shape index (κ3) is 4.56. The van der Waals surface area contributed by atoms with Gasteiger partial charge in [-0.2, -0.15) is 5.10 Å². The van der Waals surface area contributed by atoms with E-state index in [0.29, 0.717) is 17.9 Å². The van der Waals surface area contributed by atoms with E-state index in [1.165, 1.54) is 0 Å². The topological polar surface area (TPSA) is 67.2 Å². The highest BCUT2D eigenvalue weighted by Gasteiger charge is 2.13. The molecule has 0 radical (unpaired) electrons. The second-order valence-electron chi connectivity index (χ2n) is 5.64. The summed E-state index contributed by atoms with van der Waals surface area (Å²) in [4.78, 5) is 12.0. The van der Waals surface area contributed by atoms with Gasteiger partial charge >= 0.3 is 0 Å². The van der Waals surface area contributed by atoms with E-state index in [9.17, 15) is 9.90 Å². The number of benzene rings is 1. The number of amides is 1. The first-order chi connectivity index (χ1) is 10.9. The highest BCUT2D eigenvalue weighted by molar-refractivity contribution is 6.30. The molecule has 1 aromatic carbocycles. The van der Waals surface area contributed by atoms with E-state index in [1.807, 2.05) is 25.6 Å². The minimum atomic E-state index is -0.738. The van der Waals surface area contributed by atoms with E-state index in [4.69, 9.17) is 11.6 Å². The Labute approximate surface area is 141 Å². The maximum atomic E-state index is 12.0. The molecule has 124 valence electrons. The number of aromatic nitrogens is 2. The van der Waals surface area contributed by atoms with E-state index in [0.717, 1.165) is 22.5 Å². The number of nitrogens with zero attached hydrogens (tertiary/aromatic N) is 2. The molecule has 1 unspecified atom stereocenters. The van der Waals surface area contributed by atoms with Crippen LogP contribution < -0.4 is 5.32 Å². The zero-order valence-electron chi connectivity index (χ0n) is 13.6. The maximum absolute atomic E-state index is 12.0. The summed E-state index contributed by atoms with van der Waals surface area (Å²) in [6.45, 7) is 4.13. The summed E-state index contributed by atoms with van der Waals surface area (Å²) in [5.74, 6) is -0.0827. The highest BCUT2D eigenvalue weighted by atomic mass is 35.5. The highest BCUT2D eigenvalue weighted by Crippen LogP contribution is 2.16. The fourth-order valence-corrected chi connectivity index (χ4v) is 2.65. The largest absolute Gasteiger partial charge is 0.387 e. The van der Waals surface area contributed by atoms with E-state index < -0.39 is 6.10 Å². The van der Waals surface area contributed by atoms with Crippen molar-refractivity contribution >= 4 is 17.5 Å². The van der Waals surface area contributed by atoms with Crippen molar-refractivity contribution in [2.24, 2.45) is 7.05 Å². The summed E-state index contributed by atoms with van der Waals surface area (Å²) in [7, 11) is 1.90. The van der Waals surface area contributed by atoms with Crippen LogP contribution in [0.15, 0.2) is 24.3 Å². The molecule has 0 bridgehead atoms. The summed E-state index contributed by atoms with van der Waals surface area (Å²) in [6.07, 6.45) is 0.285. The quantitative estimate of drug-likeness (QED) is 0.852. The van der Waals surface area contributed by atoms with Crippen LogP contribution in [0.3, 0.4) is 0 Å². The van der Waals surface area contributed by atoms with Gasteiger partial charge in [0.1, 0.15) is 0 Å². The zero-order valence-corrected chi connectivity index (χ0v) is 14.4. The monoisotopic (exact) mass is 335 g/mol. The lowest BCUT2D eigenvalue weighted by Gasteiger charge is -2.12. The number of nitrogens with one attached hydrogen (secondary N) is 1. The molecule has 0 spiro atoms. The van der Waals surface area contributed by atoms with Crippen molar-refractivity contribution in [2.45, 2.75) is 32.8 Å². The van der Waals surface area contributed by atoms with Crippen LogP contribution in [0.25, 0.3) is 0 Å². The summed E-state index contributed by atoms with van der Waals surface area (Å²) in [6, 6.07) is 6.94. The predicted molar refractivity (Wildman–Crippen MR) is 90.4 cm³/mol. The van der Waals surface area contributed by atoms with E-state index >= 15 is 0 Å². The molecule has 0 aliphatic rings. The lowest BCUT2D eigenvalue weighted by Crippen LogP contribution is -2.28. The third-order valence-corrected chi connectivity index (χ3v) is 4.26. The van der Waals surface area contributed by atoms with Crippen LogP contribution >= 0.6 is 11.6 Å². The molecule has 23 heavy (non-hydrogen) atoms. The number of aryl methyl sites for hydroxylation is 2. The Morgan fingerprint density at radius 3 is 2.57 bits per heavy atom. The normalized spacial score (nSPS) is 12.2. The number of hydrogen-bond acceptors (Lipinski definition) is 3. The molecule has 2 rings (SSSR count). The fraction of sp³-hybridized carbons (Fsp3) is 0.412. The molecule has 0 saturated carbocycles. The number of hydrogen-bond donors (Lipinski definition) is 2. The summed E-state index contributed by atoms with van der Waals surface area (Å²) >= 11 is 5.81. The van der Waals surface area contributed by atoms with Gasteiger partial charge in [-0.3, -0.25) is 9.48 Å². The predicted octanol–water partition coefficient (Wildman–Crippen LogP) is 2.47. The van der Waals surface area contributed by atoms with Gasteiger partial charge in [0.2, 0.25) is 5.91 Å². The van der Waals surface area contributed by atoms with Gasteiger partial charge < -0.3 is 10.4 Å². The Morgan fingerprint density at radius 1 is 1.35 bits per heavy atom. The standard InChI is InChI=1S/C17H22ClN3O2/c1-11-15(12(2)21(3)20-11)8-9-17(23)19-10-16(22)13-4-6-14(18)7-5-13/h4-7,16,22H,8-10H2,1-3H3,(H,19,23). The molecule has 2 aromatic rings. The first-order valence-electron chi connectivity index (χ1n) is 7.57. The molecule has 0 fully saturated rings. The number of aliphatic hydroxyl groups excluding tert-OH is 1. The molecule has 0 aliphatic heterocycles. The van der Waals surface area contributed by atoms with Crippen molar-refractivity contribution in [1.29, 1.82) is 0 Å². The van der Waals surface area contributed by atoms with Gasteiger partial charge in [0, 0.05) is 30.7 Å². The molecule has 0 aliphatic carbocycles. The van der Waals surface area contributed by atoms with Crippen molar-refractivity contribution in [2.75, 3.05) is 6.54 Å². The van der Waals surface area contributed by atoms with Crippen molar-refractivity contribution in [3.63, 3.8) is 0 Å². The first-order valence-corrected chi connectivity index (χ1v) is 7.95. The molecule has 1 amide bonds. The zero-order chi connectivity index (χ0) is 17.0. The van der Waals surface area contributed by atoms with E-state index in [1.54, 1.807) is 24.3 Å². The molecule has 1 heterocycles. The van der Waals surface area contributed by atoms with Gasteiger partial charge in [-0.05, 0) is 43.5 Å². The summed E-state index contributed by atoms with van der Waals surface area (Å²) in [5, 5.41) is 17.8. The lowest BCUT2D eigenvalue weighted by atomic mass is 10.1. The van der Waals surface area contributed by atoms with E-state index in [-0.39, 0.29) is 12.5 Å². The van der Waals surface area contributed by atoms with Gasteiger partial charge in [-0.1, -0.05) is 23.7 Å². The average molecular weight is 336 g/mol. The van der Waals surface area contributed by atoms with Crippen LogP contribution in [-0.4, -0.2) is 27.3 Å². The second kappa shape index (κ2) is 7.62. The van der Waals surface area contributed by atoms with Gasteiger partial charge in [-0.15, -0.1) is 0 Å². The molecular weight excluding hydrogens is 314 g/mol. The van der Waals surface area contributed by atoms with Gasteiger partial charge in [-0.25, -0.2) is 0 Å². The third-order valence-electron chi connectivity index (χ3n) is 4.01. The Balaban J connectivity index is 1.82. The first kappa shape index (κ1) is 17.5. The van der Waals surface area contributed by atoms with Crippen LogP contribution in [0.5, 0.6) is 0 Å².